The lowest BCUT2D eigenvalue weighted by Crippen LogP contribution is -2.08. The Labute approximate surface area is 89.8 Å². The molecule has 0 radical (unpaired) electrons. The number of unbranched alkanes of at least 4 members (excludes halogenated alkanes) is 2. The number of nitrogens with zero attached hydrogens (tertiary/aromatic N) is 1. The first-order valence-corrected chi connectivity index (χ1v) is 6.07. The summed E-state index contributed by atoms with van der Waals surface area (Å²) in [5, 5.41) is 8.25. The van der Waals surface area contributed by atoms with E-state index >= 15 is 0 Å². The lowest BCUT2D eigenvalue weighted by Gasteiger charge is -2.02. The number of carbonyl (C=O) groups is 1. The number of ether oxygens (including phenoxy) is 1. The number of esters is 1. The van der Waals surface area contributed by atoms with E-state index in [1.807, 2.05) is 6.07 Å². The number of carbonyl (C=O) groups excluding carboxylic acids is 1. The minimum absolute atomic E-state index is 0.163. The van der Waals surface area contributed by atoms with E-state index in [1.54, 1.807) is 0 Å². The molecule has 14 heavy (non-hydrogen) atoms. The average Bonchev–Trinajstić information content (AvgIpc) is 2.19. The van der Waals surface area contributed by atoms with Crippen LogP contribution >= 0.6 is 11.8 Å². The summed E-state index contributed by atoms with van der Waals surface area (Å²) < 4.78 is 4.98. The van der Waals surface area contributed by atoms with Crippen LogP contribution in [0, 0.1) is 11.3 Å². The lowest BCUT2D eigenvalue weighted by atomic mass is 10.3. The van der Waals surface area contributed by atoms with E-state index in [1.165, 1.54) is 11.8 Å². The molecule has 0 N–H and O–H groups in total. The summed E-state index contributed by atoms with van der Waals surface area (Å²) in [6, 6.07) is 2.03. The zero-order chi connectivity index (χ0) is 10.6. The third kappa shape index (κ3) is 9.40. The fourth-order valence-corrected chi connectivity index (χ4v) is 1.48. The Bertz CT molecular complexity index is 189. The molecule has 3 nitrogen and oxygen atoms in total. The molecule has 0 aromatic rings. The summed E-state index contributed by atoms with van der Waals surface area (Å²) >= 11 is 1.45. The van der Waals surface area contributed by atoms with E-state index in [0.29, 0.717) is 24.5 Å². The Hall–Kier alpha value is -0.690. The molecule has 0 aromatic heterocycles. The number of rotatable bonds is 8. The van der Waals surface area contributed by atoms with Crippen molar-refractivity contribution in [1.29, 1.82) is 5.26 Å². The number of hydrogen-bond donors (Lipinski definition) is 0. The molecule has 0 saturated carbocycles. The Morgan fingerprint density at radius 2 is 2.29 bits per heavy atom. The van der Waals surface area contributed by atoms with Crippen molar-refractivity contribution < 1.29 is 9.53 Å². The monoisotopic (exact) mass is 215 g/mol. The van der Waals surface area contributed by atoms with Gasteiger partial charge in [0.25, 0.3) is 0 Å². The molecule has 0 atom stereocenters. The SMILES string of the molecule is CCCCCOC(=O)CSCCC#N. The topological polar surface area (TPSA) is 50.1 Å². The number of thioether (sulfide) groups is 1. The van der Waals surface area contributed by atoms with Gasteiger partial charge in [-0.2, -0.15) is 5.26 Å². The molecule has 0 aliphatic heterocycles. The average molecular weight is 215 g/mol. The Kier molecular flexibility index (Phi) is 9.88. The number of nitriles is 1. The minimum atomic E-state index is -0.163. The standard InChI is InChI=1S/C10H17NO2S/c1-2-3-4-7-13-10(12)9-14-8-5-6-11/h2-5,7-9H2,1H3. The molecule has 0 heterocycles. The Balaban J connectivity index is 3.16. The molecule has 0 aliphatic rings. The summed E-state index contributed by atoms with van der Waals surface area (Å²) in [4.78, 5) is 11.0. The Morgan fingerprint density at radius 3 is 2.93 bits per heavy atom. The Morgan fingerprint density at radius 1 is 1.50 bits per heavy atom. The van der Waals surface area contributed by atoms with Gasteiger partial charge in [-0.05, 0) is 6.42 Å². The van der Waals surface area contributed by atoms with Crippen LogP contribution in [0.15, 0.2) is 0 Å². The summed E-state index contributed by atoms with van der Waals surface area (Å²) in [6.45, 7) is 2.64. The molecular weight excluding hydrogens is 198 g/mol. The van der Waals surface area contributed by atoms with Crippen LogP contribution in [-0.4, -0.2) is 24.1 Å². The van der Waals surface area contributed by atoms with Gasteiger partial charge < -0.3 is 4.74 Å². The highest BCUT2D eigenvalue weighted by atomic mass is 32.2. The van der Waals surface area contributed by atoms with Crippen LogP contribution in [0.5, 0.6) is 0 Å². The van der Waals surface area contributed by atoms with E-state index in [2.05, 4.69) is 6.92 Å². The molecule has 0 amide bonds. The first-order valence-electron chi connectivity index (χ1n) is 4.91. The second-order valence-corrected chi connectivity index (χ2v) is 3.99. The van der Waals surface area contributed by atoms with Gasteiger partial charge in [-0.25, -0.2) is 0 Å². The molecule has 0 spiro atoms. The van der Waals surface area contributed by atoms with Crippen molar-refractivity contribution in [2.45, 2.75) is 32.6 Å². The van der Waals surface area contributed by atoms with Gasteiger partial charge in [-0.15, -0.1) is 11.8 Å². The van der Waals surface area contributed by atoms with E-state index in [0.717, 1.165) is 19.3 Å². The van der Waals surface area contributed by atoms with Crippen molar-refractivity contribution in [1.82, 2.24) is 0 Å². The van der Waals surface area contributed by atoms with E-state index in [4.69, 9.17) is 10.00 Å². The van der Waals surface area contributed by atoms with Gasteiger partial charge in [0.1, 0.15) is 0 Å². The molecule has 80 valence electrons. The predicted octanol–water partition coefficient (Wildman–Crippen LogP) is 2.37. The first kappa shape index (κ1) is 13.3. The fraction of sp³-hybridized carbons (Fsp3) is 0.800. The van der Waals surface area contributed by atoms with Gasteiger partial charge in [0.05, 0.1) is 18.4 Å². The third-order valence-corrected chi connectivity index (χ3v) is 2.52. The normalized spacial score (nSPS) is 9.43. The van der Waals surface area contributed by atoms with Crippen molar-refractivity contribution in [2.24, 2.45) is 0 Å². The zero-order valence-electron chi connectivity index (χ0n) is 8.62. The van der Waals surface area contributed by atoms with Crippen LogP contribution in [0.1, 0.15) is 32.6 Å². The molecule has 0 unspecified atom stereocenters. The third-order valence-electron chi connectivity index (χ3n) is 1.59. The highest BCUT2D eigenvalue weighted by Crippen LogP contribution is 2.03. The van der Waals surface area contributed by atoms with E-state index in [-0.39, 0.29) is 5.97 Å². The minimum Gasteiger partial charge on any atom is -0.465 e. The molecule has 0 fully saturated rings. The van der Waals surface area contributed by atoms with Crippen LogP contribution < -0.4 is 0 Å². The van der Waals surface area contributed by atoms with E-state index < -0.39 is 0 Å². The van der Waals surface area contributed by atoms with E-state index in [9.17, 15) is 4.79 Å². The maximum atomic E-state index is 11.0. The molecule has 0 rings (SSSR count). The second-order valence-electron chi connectivity index (χ2n) is 2.89. The van der Waals surface area contributed by atoms with Gasteiger partial charge in [0.15, 0.2) is 0 Å². The first-order chi connectivity index (χ1) is 6.81. The van der Waals surface area contributed by atoms with Crippen molar-refractivity contribution in [3.8, 4) is 6.07 Å². The van der Waals surface area contributed by atoms with Crippen LogP contribution in [0.25, 0.3) is 0 Å². The number of hydrogen-bond acceptors (Lipinski definition) is 4. The fourth-order valence-electron chi connectivity index (χ4n) is 0.853. The van der Waals surface area contributed by atoms with Gasteiger partial charge in [-0.3, -0.25) is 4.79 Å². The van der Waals surface area contributed by atoms with Crippen molar-refractivity contribution in [3.63, 3.8) is 0 Å². The van der Waals surface area contributed by atoms with Crippen LogP contribution in [-0.2, 0) is 9.53 Å². The van der Waals surface area contributed by atoms with Crippen LogP contribution in [0.2, 0.25) is 0 Å². The zero-order valence-corrected chi connectivity index (χ0v) is 9.44. The van der Waals surface area contributed by atoms with Crippen LogP contribution in [0.3, 0.4) is 0 Å². The lowest BCUT2D eigenvalue weighted by molar-refractivity contribution is -0.140. The van der Waals surface area contributed by atoms with Gasteiger partial charge in [0.2, 0.25) is 0 Å². The molecule has 4 heteroatoms. The quantitative estimate of drug-likeness (QED) is 0.460. The summed E-state index contributed by atoms with van der Waals surface area (Å²) in [5.74, 6) is 0.915. The van der Waals surface area contributed by atoms with Crippen molar-refractivity contribution in [3.05, 3.63) is 0 Å². The van der Waals surface area contributed by atoms with Gasteiger partial charge in [-0.1, -0.05) is 19.8 Å². The molecule has 0 bridgehead atoms. The van der Waals surface area contributed by atoms with Crippen molar-refractivity contribution in [2.75, 3.05) is 18.1 Å². The predicted molar refractivity (Wildman–Crippen MR) is 58.0 cm³/mol. The second kappa shape index (κ2) is 10.4. The maximum Gasteiger partial charge on any atom is 0.315 e. The molecular formula is C10H17NO2S. The summed E-state index contributed by atoms with van der Waals surface area (Å²) in [5.41, 5.74) is 0. The smallest absolute Gasteiger partial charge is 0.315 e. The van der Waals surface area contributed by atoms with Crippen molar-refractivity contribution >= 4 is 17.7 Å². The highest BCUT2D eigenvalue weighted by molar-refractivity contribution is 7.99. The van der Waals surface area contributed by atoms with Crippen LogP contribution in [0.4, 0.5) is 0 Å². The summed E-state index contributed by atoms with van der Waals surface area (Å²) in [6.07, 6.45) is 3.68. The summed E-state index contributed by atoms with van der Waals surface area (Å²) in [7, 11) is 0. The largest absolute Gasteiger partial charge is 0.465 e. The molecule has 0 aromatic carbocycles. The van der Waals surface area contributed by atoms with Gasteiger partial charge in [0, 0.05) is 12.2 Å². The maximum absolute atomic E-state index is 11.0. The molecule has 0 saturated heterocycles. The van der Waals surface area contributed by atoms with Gasteiger partial charge >= 0.3 is 5.97 Å². The highest BCUT2D eigenvalue weighted by Gasteiger charge is 2.01. The molecule has 0 aliphatic carbocycles.